The summed E-state index contributed by atoms with van der Waals surface area (Å²) in [6.45, 7) is 0. The summed E-state index contributed by atoms with van der Waals surface area (Å²) in [7, 11) is 1.48. The number of anilines is 1. The molecule has 0 saturated heterocycles. The minimum absolute atomic E-state index is 0.0782. The lowest BCUT2D eigenvalue weighted by atomic mass is 10.0. The minimum atomic E-state index is -2.59. The quantitative estimate of drug-likeness (QED) is 0.0819. The molecule has 0 amide bonds. The van der Waals surface area contributed by atoms with Crippen molar-refractivity contribution in [3.8, 4) is 5.75 Å². The molecule has 0 aliphatic carbocycles. The third kappa shape index (κ3) is 5.45. The zero-order valence-corrected chi connectivity index (χ0v) is 21.0. The van der Waals surface area contributed by atoms with Crippen LogP contribution in [0.4, 0.5) is 34.1 Å². The van der Waals surface area contributed by atoms with Gasteiger partial charge in [0.05, 0.1) is 37.2 Å². The molecule has 0 aromatic heterocycles. The second-order valence-corrected chi connectivity index (χ2v) is 9.40. The van der Waals surface area contributed by atoms with Crippen LogP contribution < -0.4 is 5.32 Å². The highest BCUT2D eigenvalue weighted by Crippen LogP contribution is 2.48. The Morgan fingerprint density at radius 2 is 1.34 bits per heavy atom. The standard InChI is InChI=1S/C23H18N6O7S2/c1-24-22-19-13(12-18(38(35)36)21(23(19)30)28-25-14-5-3-2-4-6-14)11-17(37(33)34)20(22)27-26-15-7-9-16(10-8-15)29(31)32/h2-12,24,30H,1H3,(H,33,34)(H,35,36)/b27-26-,28-25-. The van der Waals surface area contributed by atoms with E-state index in [-0.39, 0.29) is 49.0 Å². The molecule has 13 nitrogen and oxygen atoms in total. The fourth-order valence-corrected chi connectivity index (χ4v) is 4.60. The van der Waals surface area contributed by atoms with Crippen LogP contribution in [0.5, 0.6) is 5.75 Å². The van der Waals surface area contributed by atoms with Gasteiger partial charge in [0, 0.05) is 19.2 Å². The number of hydrogen-bond acceptors (Lipinski definition) is 10. The summed E-state index contributed by atoms with van der Waals surface area (Å²) in [6, 6.07) is 16.1. The van der Waals surface area contributed by atoms with Crippen LogP contribution >= 0.6 is 0 Å². The zero-order valence-electron chi connectivity index (χ0n) is 19.4. The largest absolute Gasteiger partial charge is 0.505 e. The molecule has 38 heavy (non-hydrogen) atoms. The van der Waals surface area contributed by atoms with Crippen LogP contribution in [0.2, 0.25) is 0 Å². The molecule has 4 rings (SSSR count). The van der Waals surface area contributed by atoms with E-state index in [1.54, 1.807) is 30.3 Å². The number of non-ortho nitro benzene ring substituents is 1. The first-order valence-electron chi connectivity index (χ1n) is 10.6. The number of nitro groups is 1. The van der Waals surface area contributed by atoms with Crippen molar-refractivity contribution in [3.63, 3.8) is 0 Å². The van der Waals surface area contributed by atoms with Crippen molar-refractivity contribution >= 4 is 67.1 Å². The predicted octanol–water partition coefficient (Wildman–Crippen LogP) is 6.49. The first kappa shape index (κ1) is 26.6. The van der Waals surface area contributed by atoms with Gasteiger partial charge in [-0.3, -0.25) is 10.1 Å². The molecule has 0 fully saturated rings. The van der Waals surface area contributed by atoms with Gasteiger partial charge in [0.15, 0.2) is 27.9 Å². The molecule has 0 aliphatic heterocycles. The number of rotatable bonds is 8. The third-order valence-electron chi connectivity index (χ3n) is 5.25. The molecule has 2 unspecified atom stereocenters. The van der Waals surface area contributed by atoms with Gasteiger partial charge in [-0.15, -0.1) is 10.2 Å². The van der Waals surface area contributed by atoms with Gasteiger partial charge in [0.25, 0.3) is 5.69 Å². The molecule has 4 N–H and O–H groups in total. The maximum atomic E-state index is 12.2. The summed E-state index contributed by atoms with van der Waals surface area (Å²) in [4.78, 5) is 9.83. The van der Waals surface area contributed by atoms with E-state index in [0.717, 1.165) is 0 Å². The van der Waals surface area contributed by atoms with Gasteiger partial charge in [0.2, 0.25) is 0 Å². The van der Waals surface area contributed by atoms with E-state index in [2.05, 4.69) is 25.8 Å². The van der Waals surface area contributed by atoms with Gasteiger partial charge in [-0.25, -0.2) is 8.42 Å². The van der Waals surface area contributed by atoms with Crippen LogP contribution in [-0.2, 0) is 22.2 Å². The maximum absolute atomic E-state index is 12.2. The predicted molar refractivity (Wildman–Crippen MR) is 141 cm³/mol. The normalized spacial score (nSPS) is 13.2. The van der Waals surface area contributed by atoms with Crippen LogP contribution in [0.25, 0.3) is 10.8 Å². The number of phenols is 1. The van der Waals surface area contributed by atoms with E-state index in [4.69, 9.17) is 0 Å². The Hall–Kier alpha value is -4.44. The van der Waals surface area contributed by atoms with Crippen LogP contribution in [0.15, 0.2) is 97.0 Å². The number of benzene rings is 4. The minimum Gasteiger partial charge on any atom is -0.505 e. The average Bonchev–Trinajstić information content (AvgIpc) is 2.91. The SMILES string of the molecule is CNc1c(/N=N\c2ccc([N+](=O)[O-])cc2)c(S(=O)O)cc2cc(S(=O)O)c(/N=N\c3ccccc3)c(O)c12. The average molecular weight is 555 g/mol. The van der Waals surface area contributed by atoms with E-state index < -0.39 is 32.8 Å². The van der Waals surface area contributed by atoms with Crippen molar-refractivity contribution in [2.24, 2.45) is 20.5 Å². The highest BCUT2D eigenvalue weighted by atomic mass is 32.2. The number of nitrogens with one attached hydrogen (secondary N) is 1. The Kier molecular flexibility index (Phi) is 7.92. The van der Waals surface area contributed by atoms with Crippen molar-refractivity contribution in [2.45, 2.75) is 9.79 Å². The van der Waals surface area contributed by atoms with E-state index in [0.29, 0.717) is 5.69 Å². The van der Waals surface area contributed by atoms with Crippen molar-refractivity contribution in [1.29, 1.82) is 0 Å². The summed E-state index contributed by atoms with van der Waals surface area (Å²) in [5.74, 6) is -0.522. The second-order valence-electron chi connectivity index (χ2n) is 7.53. The number of nitro benzene ring substituents is 1. The van der Waals surface area contributed by atoms with Crippen LogP contribution in [0.1, 0.15) is 0 Å². The van der Waals surface area contributed by atoms with Gasteiger partial charge in [-0.05, 0) is 41.8 Å². The lowest BCUT2D eigenvalue weighted by Gasteiger charge is -2.15. The Morgan fingerprint density at radius 1 is 0.816 bits per heavy atom. The highest BCUT2D eigenvalue weighted by molar-refractivity contribution is 7.79. The molecule has 0 saturated carbocycles. The summed E-state index contributed by atoms with van der Waals surface area (Å²) in [5.41, 5.74) is 0.184. The summed E-state index contributed by atoms with van der Waals surface area (Å²) in [6.07, 6.45) is 0. The zero-order chi connectivity index (χ0) is 27.4. The Morgan fingerprint density at radius 3 is 1.87 bits per heavy atom. The number of phenolic OH excluding ortho intramolecular Hbond substituents is 1. The Labute approximate surface area is 219 Å². The molecular weight excluding hydrogens is 536 g/mol. The molecule has 0 radical (unpaired) electrons. The fourth-order valence-electron chi connectivity index (χ4n) is 3.54. The van der Waals surface area contributed by atoms with Gasteiger partial charge in [-0.2, -0.15) is 10.2 Å². The second kappa shape index (κ2) is 11.3. The molecule has 4 aromatic rings. The molecule has 194 valence electrons. The molecule has 0 bridgehead atoms. The highest BCUT2D eigenvalue weighted by Gasteiger charge is 2.24. The van der Waals surface area contributed by atoms with E-state index in [1.165, 1.54) is 43.4 Å². The van der Waals surface area contributed by atoms with Gasteiger partial charge >= 0.3 is 0 Å². The first-order chi connectivity index (χ1) is 18.2. The number of nitrogens with zero attached hydrogens (tertiary/aromatic N) is 5. The van der Waals surface area contributed by atoms with Crippen molar-refractivity contribution in [1.82, 2.24) is 0 Å². The molecule has 0 heterocycles. The van der Waals surface area contributed by atoms with Crippen molar-refractivity contribution in [3.05, 3.63) is 76.8 Å². The van der Waals surface area contributed by atoms with Gasteiger partial charge < -0.3 is 19.5 Å². The van der Waals surface area contributed by atoms with Gasteiger partial charge in [0.1, 0.15) is 11.4 Å². The molecule has 0 aliphatic rings. The monoisotopic (exact) mass is 554 g/mol. The smallest absolute Gasteiger partial charge is 0.269 e. The van der Waals surface area contributed by atoms with E-state index in [1.807, 2.05) is 0 Å². The molecule has 2 atom stereocenters. The maximum Gasteiger partial charge on any atom is 0.269 e. The number of hydrogen-bond donors (Lipinski definition) is 4. The van der Waals surface area contributed by atoms with Crippen LogP contribution in [0.3, 0.4) is 0 Å². The van der Waals surface area contributed by atoms with E-state index in [9.17, 15) is 32.7 Å². The number of fused-ring (bicyclic) bond motifs is 1. The number of aromatic hydroxyl groups is 1. The Bertz CT molecular complexity index is 1640. The molecule has 4 aromatic carbocycles. The van der Waals surface area contributed by atoms with Crippen molar-refractivity contribution in [2.75, 3.05) is 12.4 Å². The van der Waals surface area contributed by atoms with Crippen LogP contribution in [0, 0.1) is 10.1 Å². The molecular formula is C23H18N6O7S2. The molecule has 15 heteroatoms. The van der Waals surface area contributed by atoms with Crippen molar-refractivity contribution < 1.29 is 27.6 Å². The topological polar surface area (TPSA) is 199 Å². The first-order valence-corrected chi connectivity index (χ1v) is 12.8. The summed E-state index contributed by atoms with van der Waals surface area (Å²) in [5, 5.41) is 41.2. The van der Waals surface area contributed by atoms with E-state index >= 15 is 0 Å². The van der Waals surface area contributed by atoms with Crippen LogP contribution in [-0.4, -0.2) is 34.6 Å². The van der Waals surface area contributed by atoms with Gasteiger partial charge in [-0.1, -0.05) is 18.2 Å². The lowest BCUT2D eigenvalue weighted by Crippen LogP contribution is -1.99. The lowest BCUT2D eigenvalue weighted by molar-refractivity contribution is -0.384. The number of azo groups is 2. The summed E-state index contributed by atoms with van der Waals surface area (Å²) < 4.78 is 44.1. The molecule has 0 spiro atoms. The summed E-state index contributed by atoms with van der Waals surface area (Å²) >= 11 is -5.17. The third-order valence-corrected chi connectivity index (χ3v) is 6.63. The fraction of sp³-hybridized carbons (Fsp3) is 0.0435. The Balaban J connectivity index is 1.94.